The van der Waals surface area contributed by atoms with Crippen LogP contribution in [-0.4, -0.2) is 0 Å². The summed E-state index contributed by atoms with van der Waals surface area (Å²) in [5.41, 5.74) is 2.17. The summed E-state index contributed by atoms with van der Waals surface area (Å²) in [6.07, 6.45) is 0. The molecular weight excluding hydrogens is 256 g/mol. The Morgan fingerprint density at radius 3 is 2.56 bits per heavy atom. The molecule has 2 aromatic rings. The Labute approximate surface area is 109 Å². The van der Waals surface area contributed by atoms with Crippen molar-refractivity contribution in [2.75, 3.05) is 5.32 Å². The second-order valence-electron chi connectivity index (χ2n) is 4.05. The molecule has 0 aliphatic rings. The monoisotopic (exact) mass is 267 g/mol. The molecule has 18 heavy (non-hydrogen) atoms. The van der Waals surface area contributed by atoms with Crippen LogP contribution in [0.1, 0.15) is 11.1 Å². The van der Waals surface area contributed by atoms with Gasteiger partial charge in [0.25, 0.3) is 0 Å². The van der Waals surface area contributed by atoms with E-state index in [2.05, 4.69) is 5.32 Å². The van der Waals surface area contributed by atoms with Gasteiger partial charge in [-0.05, 0) is 48.4 Å². The van der Waals surface area contributed by atoms with Crippen molar-refractivity contribution in [3.63, 3.8) is 0 Å². The van der Waals surface area contributed by atoms with Crippen LogP contribution in [-0.2, 0) is 6.54 Å². The standard InChI is InChI=1S/C14H12ClF2N/c1-9-6-12(4-5-14(9)17)18-8-10-2-3-11(16)7-13(10)15/h2-7,18H,8H2,1H3. The number of benzene rings is 2. The van der Waals surface area contributed by atoms with Gasteiger partial charge in [0.2, 0.25) is 0 Å². The molecule has 0 fully saturated rings. The third kappa shape index (κ3) is 2.99. The van der Waals surface area contributed by atoms with Crippen LogP contribution in [0.4, 0.5) is 14.5 Å². The molecule has 4 heteroatoms. The highest BCUT2D eigenvalue weighted by molar-refractivity contribution is 6.31. The summed E-state index contributed by atoms with van der Waals surface area (Å²) >= 11 is 5.91. The lowest BCUT2D eigenvalue weighted by atomic mass is 10.2. The third-order valence-corrected chi connectivity index (χ3v) is 3.01. The average Bonchev–Trinajstić information content (AvgIpc) is 2.32. The minimum Gasteiger partial charge on any atom is -0.381 e. The van der Waals surface area contributed by atoms with Crippen molar-refractivity contribution in [2.45, 2.75) is 13.5 Å². The molecule has 0 spiro atoms. The Hall–Kier alpha value is -1.61. The molecular formula is C14H12ClF2N. The second kappa shape index (κ2) is 5.36. The largest absolute Gasteiger partial charge is 0.381 e. The van der Waals surface area contributed by atoms with Crippen LogP contribution in [0, 0.1) is 18.6 Å². The van der Waals surface area contributed by atoms with Crippen LogP contribution in [0.2, 0.25) is 5.02 Å². The van der Waals surface area contributed by atoms with Crippen molar-refractivity contribution in [3.05, 3.63) is 64.2 Å². The Kier molecular flexibility index (Phi) is 3.82. The number of anilines is 1. The summed E-state index contributed by atoms with van der Waals surface area (Å²) < 4.78 is 25.9. The fraction of sp³-hybridized carbons (Fsp3) is 0.143. The number of nitrogens with one attached hydrogen (secondary N) is 1. The zero-order chi connectivity index (χ0) is 13.1. The lowest BCUT2D eigenvalue weighted by molar-refractivity contribution is 0.618. The molecule has 2 rings (SSSR count). The van der Waals surface area contributed by atoms with Gasteiger partial charge in [0.05, 0.1) is 0 Å². The van der Waals surface area contributed by atoms with E-state index in [4.69, 9.17) is 11.6 Å². The van der Waals surface area contributed by atoms with Crippen molar-refractivity contribution >= 4 is 17.3 Å². The van der Waals surface area contributed by atoms with Crippen LogP contribution in [0.5, 0.6) is 0 Å². The minimum absolute atomic E-state index is 0.236. The van der Waals surface area contributed by atoms with Crippen LogP contribution in [0.3, 0.4) is 0 Å². The van der Waals surface area contributed by atoms with Crippen LogP contribution in [0.15, 0.2) is 36.4 Å². The quantitative estimate of drug-likeness (QED) is 0.861. The molecule has 1 N–H and O–H groups in total. The number of rotatable bonds is 3. The number of halogens is 3. The first-order chi connectivity index (χ1) is 8.56. The molecule has 2 aromatic carbocycles. The van der Waals surface area contributed by atoms with Gasteiger partial charge in [0.1, 0.15) is 11.6 Å². The molecule has 0 heterocycles. The number of aryl methyl sites for hydroxylation is 1. The molecule has 0 radical (unpaired) electrons. The lowest BCUT2D eigenvalue weighted by Gasteiger charge is -2.09. The van der Waals surface area contributed by atoms with Gasteiger partial charge < -0.3 is 5.32 Å². The molecule has 0 bridgehead atoms. The maximum atomic E-state index is 13.1. The highest BCUT2D eigenvalue weighted by Crippen LogP contribution is 2.19. The summed E-state index contributed by atoms with van der Waals surface area (Å²) in [5, 5.41) is 3.49. The zero-order valence-electron chi connectivity index (χ0n) is 9.81. The number of hydrogen-bond donors (Lipinski definition) is 1. The van der Waals surface area contributed by atoms with E-state index in [-0.39, 0.29) is 11.6 Å². The van der Waals surface area contributed by atoms with Crippen molar-refractivity contribution in [1.82, 2.24) is 0 Å². The van der Waals surface area contributed by atoms with Gasteiger partial charge >= 0.3 is 0 Å². The first kappa shape index (κ1) is 12.8. The summed E-state index contributed by atoms with van der Waals surface area (Å²) in [6.45, 7) is 2.16. The maximum Gasteiger partial charge on any atom is 0.126 e. The van der Waals surface area contributed by atoms with Crippen molar-refractivity contribution in [1.29, 1.82) is 0 Å². The van der Waals surface area contributed by atoms with Crippen molar-refractivity contribution in [3.8, 4) is 0 Å². The summed E-state index contributed by atoms with van der Waals surface area (Å²) in [6, 6.07) is 9.03. The van der Waals surface area contributed by atoms with E-state index in [1.807, 2.05) is 0 Å². The topological polar surface area (TPSA) is 12.0 Å². The maximum absolute atomic E-state index is 13.1. The van der Waals surface area contributed by atoms with E-state index in [9.17, 15) is 8.78 Å². The van der Waals surface area contributed by atoms with Gasteiger partial charge in [-0.15, -0.1) is 0 Å². The third-order valence-electron chi connectivity index (χ3n) is 2.66. The van der Waals surface area contributed by atoms with E-state index in [1.54, 1.807) is 25.1 Å². The first-order valence-electron chi connectivity index (χ1n) is 5.50. The smallest absolute Gasteiger partial charge is 0.126 e. The van der Waals surface area contributed by atoms with Crippen molar-refractivity contribution in [2.24, 2.45) is 0 Å². The van der Waals surface area contributed by atoms with Gasteiger partial charge in [0.15, 0.2) is 0 Å². The van der Waals surface area contributed by atoms with Crippen molar-refractivity contribution < 1.29 is 8.78 Å². The molecule has 0 aliphatic carbocycles. The molecule has 94 valence electrons. The molecule has 1 nitrogen and oxygen atoms in total. The van der Waals surface area contributed by atoms with Crippen LogP contribution in [0.25, 0.3) is 0 Å². The second-order valence-corrected chi connectivity index (χ2v) is 4.46. The lowest BCUT2D eigenvalue weighted by Crippen LogP contribution is -2.01. The Morgan fingerprint density at radius 2 is 1.89 bits per heavy atom. The minimum atomic E-state index is -0.360. The summed E-state index contributed by atoms with van der Waals surface area (Å²) in [7, 11) is 0. The van der Waals surface area contributed by atoms with Crippen LogP contribution >= 0.6 is 11.6 Å². The summed E-state index contributed by atoms with van der Waals surface area (Å²) in [5.74, 6) is -0.596. The van der Waals surface area contributed by atoms with Crippen LogP contribution < -0.4 is 5.32 Å². The van der Waals surface area contributed by atoms with Gasteiger partial charge in [-0.3, -0.25) is 0 Å². The van der Waals surface area contributed by atoms with Gasteiger partial charge in [-0.25, -0.2) is 8.78 Å². The van der Waals surface area contributed by atoms with Gasteiger partial charge in [-0.2, -0.15) is 0 Å². The SMILES string of the molecule is Cc1cc(NCc2ccc(F)cc2Cl)ccc1F. The van der Waals surface area contributed by atoms with E-state index in [0.717, 1.165) is 11.3 Å². The average molecular weight is 268 g/mol. The first-order valence-corrected chi connectivity index (χ1v) is 5.88. The van der Waals surface area contributed by atoms with Gasteiger partial charge in [0, 0.05) is 17.3 Å². The fourth-order valence-electron chi connectivity index (χ4n) is 1.62. The van der Waals surface area contributed by atoms with E-state index < -0.39 is 0 Å². The molecule has 0 saturated carbocycles. The number of hydrogen-bond acceptors (Lipinski definition) is 1. The molecule has 0 unspecified atom stereocenters. The predicted molar refractivity (Wildman–Crippen MR) is 69.9 cm³/mol. The Bertz CT molecular complexity index is 570. The summed E-state index contributed by atoms with van der Waals surface area (Å²) in [4.78, 5) is 0. The molecule has 0 amide bonds. The zero-order valence-corrected chi connectivity index (χ0v) is 10.6. The predicted octanol–water partition coefficient (Wildman–Crippen LogP) is 4.54. The van der Waals surface area contributed by atoms with E-state index in [1.165, 1.54) is 18.2 Å². The molecule has 0 aliphatic heterocycles. The molecule has 0 aromatic heterocycles. The molecule has 0 atom stereocenters. The highest BCUT2D eigenvalue weighted by atomic mass is 35.5. The Morgan fingerprint density at radius 1 is 1.11 bits per heavy atom. The van der Waals surface area contributed by atoms with E-state index >= 15 is 0 Å². The molecule has 0 saturated heterocycles. The van der Waals surface area contributed by atoms with E-state index in [0.29, 0.717) is 17.1 Å². The van der Waals surface area contributed by atoms with Gasteiger partial charge in [-0.1, -0.05) is 17.7 Å². The normalized spacial score (nSPS) is 10.4. The Balaban J connectivity index is 2.09. The fourth-order valence-corrected chi connectivity index (χ4v) is 1.85. The highest BCUT2D eigenvalue weighted by Gasteiger charge is 2.03.